The Morgan fingerprint density at radius 1 is 0.773 bits per heavy atom. The van der Waals surface area contributed by atoms with Crippen LogP contribution in [0.5, 0.6) is 5.75 Å². The van der Waals surface area contributed by atoms with E-state index in [1.165, 1.54) is 6.07 Å². The SMILES string of the molecule is Fc1ccc(C(F)(F)F)c(-c2ccccc2OC(F)(F)F)c1. The van der Waals surface area contributed by atoms with Crippen LogP contribution in [0.4, 0.5) is 30.7 Å². The van der Waals surface area contributed by atoms with Gasteiger partial charge in [0.1, 0.15) is 11.6 Å². The normalized spacial score (nSPS) is 12.3. The van der Waals surface area contributed by atoms with Gasteiger partial charge in [0.2, 0.25) is 0 Å². The van der Waals surface area contributed by atoms with Crippen LogP contribution in [0.3, 0.4) is 0 Å². The molecule has 0 unspecified atom stereocenters. The van der Waals surface area contributed by atoms with Crippen molar-refractivity contribution < 1.29 is 35.5 Å². The van der Waals surface area contributed by atoms with Crippen molar-refractivity contribution in [3.63, 3.8) is 0 Å². The summed E-state index contributed by atoms with van der Waals surface area (Å²) < 4.78 is 92.8. The molecule has 0 bridgehead atoms. The molecule has 0 spiro atoms. The molecule has 2 aromatic carbocycles. The minimum Gasteiger partial charge on any atom is -0.405 e. The average molecular weight is 324 g/mol. The predicted octanol–water partition coefficient (Wildman–Crippen LogP) is 5.41. The first-order valence-corrected chi connectivity index (χ1v) is 5.80. The minimum absolute atomic E-state index is 0.467. The van der Waals surface area contributed by atoms with Gasteiger partial charge < -0.3 is 4.74 Å². The molecule has 1 nitrogen and oxygen atoms in total. The number of halogens is 7. The second-order valence-corrected chi connectivity index (χ2v) is 4.23. The molecular formula is C14H7F7O. The summed E-state index contributed by atoms with van der Waals surface area (Å²) in [6, 6.07) is 5.80. The molecule has 2 aromatic rings. The zero-order chi connectivity index (χ0) is 16.5. The van der Waals surface area contributed by atoms with Gasteiger partial charge >= 0.3 is 12.5 Å². The second-order valence-electron chi connectivity index (χ2n) is 4.23. The maximum Gasteiger partial charge on any atom is 0.573 e. The Morgan fingerprint density at radius 3 is 2.00 bits per heavy atom. The van der Waals surface area contributed by atoms with Crippen LogP contribution in [0.15, 0.2) is 42.5 Å². The third kappa shape index (κ3) is 3.69. The minimum atomic E-state index is -5.08. The van der Waals surface area contributed by atoms with Gasteiger partial charge in [0.15, 0.2) is 0 Å². The number of ether oxygens (including phenoxy) is 1. The van der Waals surface area contributed by atoms with Gasteiger partial charge in [-0.25, -0.2) is 4.39 Å². The van der Waals surface area contributed by atoms with Gasteiger partial charge in [-0.05, 0) is 24.3 Å². The molecule has 0 heterocycles. The van der Waals surface area contributed by atoms with Crippen LogP contribution in [-0.4, -0.2) is 6.36 Å². The van der Waals surface area contributed by atoms with E-state index in [-0.39, 0.29) is 0 Å². The molecule has 0 saturated carbocycles. The quantitative estimate of drug-likeness (QED) is 0.671. The van der Waals surface area contributed by atoms with Crippen LogP contribution in [0.2, 0.25) is 0 Å². The van der Waals surface area contributed by atoms with Crippen molar-refractivity contribution in [2.45, 2.75) is 12.5 Å². The first-order valence-electron chi connectivity index (χ1n) is 5.80. The summed E-state index contributed by atoms with van der Waals surface area (Å²) in [4.78, 5) is 0. The zero-order valence-electron chi connectivity index (χ0n) is 10.6. The van der Waals surface area contributed by atoms with Crippen LogP contribution in [0, 0.1) is 5.82 Å². The lowest BCUT2D eigenvalue weighted by atomic mass is 9.98. The van der Waals surface area contributed by atoms with Crippen molar-refractivity contribution in [3.8, 4) is 16.9 Å². The van der Waals surface area contributed by atoms with Gasteiger partial charge in [-0.2, -0.15) is 13.2 Å². The van der Waals surface area contributed by atoms with Crippen molar-refractivity contribution in [1.82, 2.24) is 0 Å². The van der Waals surface area contributed by atoms with E-state index in [0.29, 0.717) is 18.2 Å². The Morgan fingerprint density at radius 2 is 1.41 bits per heavy atom. The topological polar surface area (TPSA) is 9.23 Å². The van der Waals surface area contributed by atoms with Crippen LogP contribution in [0.25, 0.3) is 11.1 Å². The Labute approximate surface area is 119 Å². The third-order valence-electron chi connectivity index (χ3n) is 2.69. The largest absolute Gasteiger partial charge is 0.573 e. The Hall–Kier alpha value is -2.25. The average Bonchev–Trinajstić information content (AvgIpc) is 2.35. The summed E-state index contributed by atoms with van der Waals surface area (Å²) in [7, 11) is 0. The molecule has 8 heteroatoms. The van der Waals surface area contributed by atoms with Crippen LogP contribution in [-0.2, 0) is 6.18 Å². The molecule has 22 heavy (non-hydrogen) atoms. The van der Waals surface area contributed by atoms with Gasteiger partial charge in [0.05, 0.1) is 5.56 Å². The number of para-hydroxylation sites is 1. The molecular weight excluding hydrogens is 317 g/mol. The molecule has 2 rings (SSSR count). The Balaban J connectivity index is 2.65. The first-order chi connectivity index (χ1) is 10.1. The maximum absolute atomic E-state index is 13.3. The highest BCUT2D eigenvalue weighted by molar-refractivity contribution is 5.74. The van der Waals surface area contributed by atoms with Crippen LogP contribution in [0.1, 0.15) is 5.56 Å². The molecule has 0 radical (unpaired) electrons. The third-order valence-corrected chi connectivity index (χ3v) is 2.69. The van der Waals surface area contributed by atoms with Crippen LogP contribution < -0.4 is 4.74 Å². The van der Waals surface area contributed by atoms with E-state index in [2.05, 4.69) is 4.74 Å². The summed E-state index contributed by atoms with van der Waals surface area (Å²) in [6.45, 7) is 0. The molecule has 0 aromatic heterocycles. The molecule has 0 N–H and O–H groups in total. The summed E-state index contributed by atoms with van der Waals surface area (Å²) in [5, 5.41) is 0. The van der Waals surface area contributed by atoms with E-state index in [0.717, 1.165) is 18.2 Å². The standard InChI is InChI=1S/C14H7F7O/c15-8-5-6-11(13(16,17)18)10(7-8)9-3-1-2-4-12(9)22-14(19,20)21/h1-7H. The van der Waals surface area contributed by atoms with E-state index in [1.807, 2.05) is 0 Å². The second kappa shape index (κ2) is 5.51. The van der Waals surface area contributed by atoms with Gasteiger partial charge in [-0.1, -0.05) is 18.2 Å². The maximum atomic E-state index is 13.3. The molecule has 0 aliphatic carbocycles. The molecule has 0 saturated heterocycles. The fraction of sp³-hybridized carbons (Fsp3) is 0.143. The van der Waals surface area contributed by atoms with E-state index < -0.39 is 40.8 Å². The fourth-order valence-electron chi connectivity index (χ4n) is 1.89. The van der Waals surface area contributed by atoms with Crippen molar-refractivity contribution in [3.05, 3.63) is 53.8 Å². The zero-order valence-corrected chi connectivity index (χ0v) is 10.6. The highest BCUT2D eigenvalue weighted by Gasteiger charge is 2.36. The lowest BCUT2D eigenvalue weighted by Crippen LogP contribution is -2.18. The first kappa shape index (κ1) is 16.1. The van der Waals surface area contributed by atoms with E-state index in [1.54, 1.807) is 0 Å². The Bertz CT molecular complexity index is 674. The predicted molar refractivity (Wildman–Crippen MR) is 63.5 cm³/mol. The van der Waals surface area contributed by atoms with Crippen molar-refractivity contribution >= 4 is 0 Å². The van der Waals surface area contributed by atoms with E-state index in [9.17, 15) is 30.7 Å². The summed E-state index contributed by atoms with van der Waals surface area (Å²) in [5.74, 6) is -1.85. The van der Waals surface area contributed by atoms with Crippen LogP contribution >= 0.6 is 0 Å². The van der Waals surface area contributed by atoms with Gasteiger partial charge in [-0.15, -0.1) is 13.2 Å². The number of rotatable bonds is 2. The highest BCUT2D eigenvalue weighted by Crippen LogP contribution is 2.41. The lowest BCUT2D eigenvalue weighted by molar-refractivity contribution is -0.274. The summed E-state index contributed by atoms with van der Waals surface area (Å²) in [5.41, 5.74) is -2.49. The van der Waals surface area contributed by atoms with Crippen molar-refractivity contribution in [1.29, 1.82) is 0 Å². The molecule has 0 atom stereocenters. The van der Waals surface area contributed by atoms with Gasteiger partial charge in [0, 0.05) is 11.1 Å². The van der Waals surface area contributed by atoms with Gasteiger partial charge in [-0.3, -0.25) is 0 Å². The molecule has 0 fully saturated rings. The summed E-state index contributed by atoms with van der Waals surface area (Å²) in [6.07, 6.45) is -9.93. The molecule has 0 amide bonds. The van der Waals surface area contributed by atoms with Crippen molar-refractivity contribution in [2.75, 3.05) is 0 Å². The smallest absolute Gasteiger partial charge is 0.405 e. The highest BCUT2D eigenvalue weighted by atomic mass is 19.4. The lowest BCUT2D eigenvalue weighted by Gasteiger charge is -2.17. The molecule has 118 valence electrons. The molecule has 0 aliphatic heterocycles. The number of hydrogen-bond donors (Lipinski definition) is 0. The van der Waals surface area contributed by atoms with Gasteiger partial charge in [0.25, 0.3) is 0 Å². The van der Waals surface area contributed by atoms with Crippen molar-refractivity contribution in [2.24, 2.45) is 0 Å². The number of benzene rings is 2. The molecule has 0 aliphatic rings. The summed E-state index contributed by atoms with van der Waals surface area (Å²) >= 11 is 0. The Kier molecular flexibility index (Phi) is 4.04. The fourth-order valence-corrected chi connectivity index (χ4v) is 1.89. The van der Waals surface area contributed by atoms with E-state index >= 15 is 0 Å². The monoisotopic (exact) mass is 324 g/mol. The number of hydrogen-bond acceptors (Lipinski definition) is 1. The van der Waals surface area contributed by atoms with E-state index in [4.69, 9.17) is 0 Å². The number of alkyl halides is 6.